The van der Waals surface area contributed by atoms with E-state index in [0.29, 0.717) is 18.9 Å². The number of carbonyl (C=O) groups excluding carboxylic acids is 1. The third-order valence-electron chi connectivity index (χ3n) is 3.82. The Morgan fingerprint density at radius 1 is 1.40 bits per heavy atom. The zero-order valence-electron chi connectivity index (χ0n) is 15.7. The monoisotopic (exact) mass is 344 g/mol. The quantitative estimate of drug-likeness (QED) is 0.598. The van der Waals surface area contributed by atoms with Gasteiger partial charge in [0.15, 0.2) is 0 Å². The highest BCUT2D eigenvalue weighted by Gasteiger charge is 2.35. The number of ether oxygens (including phenoxy) is 2. The SMILES string of the molecule is CCCCC#Cc1cncc(OC[C@H]2CCN2C(=O)OC(C)(C)C)c1. The van der Waals surface area contributed by atoms with Crippen LogP contribution in [0.4, 0.5) is 4.79 Å². The van der Waals surface area contributed by atoms with Gasteiger partial charge in [-0.15, -0.1) is 0 Å². The highest BCUT2D eigenvalue weighted by atomic mass is 16.6. The lowest BCUT2D eigenvalue weighted by atomic mass is 10.1. The number of aromatic nitrogens is 1. The van der Waals surface area contributed by atoms with Crippen LogP contribution in [0, 0.1) is 11.8 Å². The van der Waals surface area contributed by atoms with E-state index in [-0.39, 0.29) is 12.1 Å². The van der Waals surface area contributed by atoms with Gasteiger partial charge in [-0.2, -0.15) is 0 Å². The summed E-state index contributed by atoms with van der Waals surface area (Å²) >= 11 is 0. The van der Waals surface area contributed by atoms with E-state index in [1.807, 2.05) is 26.8 Å². The van der Waals surface area contributed by atoms with E-state index < -0.39 is 5.60 Å². The van der Waals surface area contributed by atoms with Crippen molar-refractivity contribution in [3.63, 3.8) is 0 Å². The van der Waals surface area contributed by atoms with Gasteiger partial charge >= 0.3 is 6.09 Å². The van der Waals surface area contributed by atoms with Gasteiger partial charge in [0, 0.05) is 24.7 Å². The van der Waals surface area contributed by atoms with Crippen LogP contribution in [-0.4, -0.2) is 40.8 Å². The number of amides is 1. The first-order valence-electron chi connectivity index (χ1n) is 8.95. The summed E-state index contributed by atoms with van der Waals surface area (Å²) in [6.07, 6.45) is 7.21. The van der Waals surface area contributed by atoms with E-state index in [1.165, 1.54) is 0 Å². The van der Waals surface area contributed by atoms with Crippen LogP contribution >= 0.6 is 0 Å². The third-order valence-corrected chi connectivity index (χ3v) is 3.82. The lowest BCUT2D eigenvalue weighted by Gasteiger charge is -2.40. The summed E-state index contributed by atoms with van der Waals surface area (Å²) in [5.41, 5.74) is 0.374. The van der Waals surface area contributed by atoms with Crippen LogP contribution in [0.2, 0.25) is 0 Å². The minimum atomic E-state index is -0.479. The molecule has 5 heteroatoms. The zero-order valence-corrected chi connectivity index (χ0v) is 15.7. The predicted octanol–water partition coefficient (Wildman–Crippen LogP) is 4.01. The maximum absolute atomic E-state index is 12.1. The summed E-state index contributed by atoms with van der Waals surface area (Å²) in [5.74, 6) is 6.94. The molecule has 1 saturated heterocycles. The Kier molecular flexibility index (Phi) is 6.69. The molecule has 1 aromatic rings. The first-order chi connectivity index (χ1) is 11.9. The molecule has 0 aliphatic carbocycles. The van der Waals surface area contributed by atoms with Crippen LogP contribution in [0.1, 0.15) is 58.9 Å². The molecule has 0 bridgehead atoms. The van der Waals surface area contributed by atoms with Gasteiger partial charge in [-0.1, -0.05) is 25.2 Å². The molecule has 0 N–H and O–H groups in total. The Labute approximate surface area is 150 Å². The second kappa shape index (κ2) is 8.75. The van der Waals surface area contributed by atoms with Crippen molar-refractivity contribution in [1.29, 1.82) is 0 Å². The number of likely N-dealkylation sites (tertiary alicyclic amines) is 1. The summed E-state index contributed by atoms with van der Waals surface area (Å²) < 4.78 is 11.2. The smallest absolute Gasteiger partial charge is 0.410 e. The van der Waals surface area contributed by atoms with Gasteiger partial charge in [0.2, 0.25) is 0 Å². The molecule has 136 valence electrons. The molecule has 1 aromatic heterocycles. The molecule has 1 amide bonds. The Morgan fingerprint density at radius 2 is 2.20 bits per heavy atom. The van der Waals surface area contributed by atoms with Gasteiger partial charge in [-0.05, 0) is 39.7 Å². The molecule has 2 heterocycles. The Morgan fingerprint density at radius 3 is 2.84 bits per heavy atom. The van der Waals surface area contributed by atoms with E-state index in [9.17, 15) is 4.79 Å². The first kappa shape index (κ1) is 19.1. The molecule has 2 rings (SSSR count). The molecular formula is C20H28N2O3. The number of rotatable bonds is 5. The predicted molar refractivity (Wildman–Crippen MR) is 97.5 cm³/mol. The molecule has 1 fully saturated rings. The number of hydrogen-bond acceptors (Lipinski definition) is 4. The largest absolute Gasteiger partial charge is 0.490 e. The maximum atomic E-state index is 12.1. The molecule has 5 nitrogen and oxygen atoms in total. The van der Waals surface area contributed by atoms with Crippen molar-refractivity contribution >= 4 is 6.09 Å². The van der Waals surface area contributed by atoms with Crippen LogP contribution in [0.25, 0.3) is 0 Å². The number of nitrogens with zero attached hydrogens (tertiary/aromatic N) is 2. The van der Waals surface area contributed by atoms with Gasteiger partial charge < -0.3 is 14.4 Å². The number of carbonyl (C=O) groups is 1. The minimum absolute atomic E-state index is 0.0501. The first-order valence-corrected chi connectivity index (χ1v) is 8.95. The van der Waals surface area contributed by atoms with Crippen LogP contribution in [0.3, 0.4) is 0 Å². The van der Waals surface area contributed by atoms with Crippen LogP contribution < -0.4 is 4.74 Å². The van der Waals surface area contributed by atoms with E-state index in [0.717, 1.165) is 31.2 Å². The van der Waals surface area contributed by atoms with Crippen molar-refractivity contribution in [2.75, 3.05) is 13.2 Å². The Hall–Kier alpha value is -2.22. The second-order valence-electron chi connectivity index (χ2n) is 7.24. The van der Waals surface area contributed by atoms with Gasteiger partial charge in [-0.3, -0.25) is 4.98 Å². The maximum Gasteiger partial charge on any atom is 0.410 e. The third kappa shape index (κ3) is 6.30. The Balaban J connectivity index is 1.84. The minimum Gasteiger partial charge on any atom is -0.490 e. The molecule has 1 atom stereocenters. The highest BCUT2D eigenvalue weighted by Crippen LogP contribution is 2.22. The summed E-state index contributed by atoms with van der Waals surface area (Å²) in [7, 11) is 0. The lowest BCUT2D eigenvalue weighted by Crippen LogP contribution is -2.55. The second-order valence-corrected chi connectivity index (χ2v) is 7.24. The van der Waals surface area contributed by atoms with Crippen molar-refractivity contribution in [3.05, 3.63) is 24.0 Å². The highest BCUT2D eigenvalue weighted by molar-refractivity contribution is 5.69. The molecule has 1 aliphatic rings. The van der Waals surface area contributed by atoms with Gasteiger partial charge in [0.05, 0.1) is 12.2 Å². The van der Waals surface area contributed by atoms with E-state index in [2.05, 4.69) is 23.7 Å². The fraction of sp³-hybridized carbons (Fsp3) is 0.600. The van der Waals surface area contributed by atoms with Gasteiger partial charge in [0.25, 0.3) is 0 Å². The molecule has 0 aromatic carbocycles. The van der Waals surface area contributed by atoms with Gasteiger partial charge in [-0.25, -0.2) is 4.79 Å². The van der Waals surface area contributed by atoms with Gasteiger partial charge in [0.1, 0.15) is 18.0 Å². The number of pyridine rings is 1. The van der Waals surface area contributed by atoms with Crippen molar-refractivity contribution in [2.24, 2.45) is 0 Å². The van der Waals surface area contributed by atoms with Crippen molar-refractivity contribution in [3.8, 4) is 17.6 Å². The van der Waals surface area contributed by atoms with E-state index in [1.54, 1.807) is 17.3 Å². The fourth-order valence-electron chi connectivity index (χ4n) is 2.36. The van der Waals surface area contributed by atoms with Crippen LogP contribution in [0.5, 0.6) is 5.75 Å². The molecule has 0 saturated carbocycles. The Bertz CT molecular complexity index is 640. The van der Waals surface area contributed by atoms with Crippen LogP contribution in [0.15, 0.2) is 18.5 Å². The average molecular weight is 344 g/mol. The summed E-state index contributed by atoms with van der Waals surface area (Å²) in [4.78, 5) is 18.0. The molecular weight excluding hydrogens is 316 g/mol. The molecule has 0 spiro atoms. The fourth-order valence-corrected chi connectivity index (χ4v) is 2.36. The molecule has 25 heavy (non-hydrogen) atoms. The van der Waals surface area contributed by atoms with E-state index in [4.69, 9.17) is 9.47 Å². The molecule has 0 radical (unpaired) electrons. The van der Waals surface area contributed by atoms with Crippen molar-refractivity contribution in [2.45, 2.75) is 65.0 Å². The molecule has 1 aliphatic heterocycles. The van der Waals surface area contributed by atoms with Crippen molar-refractivity contribution < 1.29 is 14.3 Å². The molecule has 0 unspecified atom stereocenters. The zero-order chi connectivity index (χ0) is 18.3. The summed E-state index contributed by atoms with van der Waals surface area (Å²) in [6, 6.07) is 1.94. The lowest BCUT2D eigenvalue weighted by molar-refractivity contribution is -0.0141. The van der Waals surface area contributed by atoms with E-state index >= 15 is 0 Å². The van der Waals surface area contributed by atoms with Crippen molar-refractivity contribution in [1.82, 2.24) is 9.88 Å². The standard InChI is InChI=1S/C20H28N2O3/c1-5-6-7-8-9-16-12-18(14-21-13-16)24-15-17-10-11-22(17)19(23)25-20(2,3)4/h12-14,17H,5-7,10-11,15H2,1-4H3/t17-/m1/s1. The van der Waals surface area contributed by atoms with Crippen LogP contribution in [-0.2, 0) is 4.74 Å². The number of hydrogen-bond donors (Lipinski definition) is 0. The topological polar surface area (TPSA) is 51.7 Å². The summed E-state index contributed by atoms with van der Waals surface area (Å²) in [5, 5.41) is 0. The number of unbranched alkanes of at least 4 members (excludes halogenated alkanes) is 2. The average Bonchev–Trinajstić information content (AvgIpc) is 2.49. The normalized spacial score (nSPS) is 16.5. The summed E-state index contributed by atoms with van der Waals surface area (Å²) in [6.45, 7) is 8.91.